The summed E-state index contributed by atoms with van der Waals surface area (Å²) in [5, 5.41) is 10.2. The summed E-state index contributed by atoms with van der Waals surface area (Å²) in [4.78, 5) is 15.8. The lowest BCUT2D eigenvalue weighted by atomic mass is 10.0. The van der Waals surface area contributed by atoms with Crippen LogP contribution >= 0.6 is 23.2 Å². The predicted octanol–water partition coefficient (Wildman–Crippen LogP) is 2.31. The Morgan fingerprint density at radius 2 is 2.29 bits per heavy atom. The Bertz CT molecular complexity index is 478. The van der Waals surface area contributed by atoms with Crippen LogP contribution in [0.1, 0.15) is 19.3 Å². The van der Waals surface area contributed by atoms with Crippen molar-refractivity contribution in [1.29, 1.82) is 0 Å². The summed E-state index contributed by atoms with van der Waals surface area (Å²) >= 11 is 11.8. The number of halogens is 2. The minimum absolute atomic E-state index is 0.0962. The van der Waals surface area contributed by atoms with Gasteiger partial charge >= 0.3 is 0 Å². The molecule has 3 N–H and O–H groups in total. The fourth-order valence-electron chi connectivity index (χ4n) is 2.31. The fraction of sp³-hybridized carbons (Fsp3) is 0.571. The Kier molecular flexibility index (Phi) is 6.54. The molecule has 1 atom stereocenters. The quantitative estimate of drug-likeness (QED) is 0.671. The Morgan fingerprint density at radius 1 is 1.43 bits per heavy atom. The van der Waals surface area contributed by atoms with Gasteiger partial charge in [0.15, 0.2) is 0 Å². The number of rotatable bonds is 7. The molecule has 0 saturated carbocycles. The molecule has 7 heteroatoms. The van der Waals surface area contributed by atoms with E-state index in [0.29, 0.717) is 41.3 Å². The molecule has 0 aromatic carbocycles. The van der Waals surface area contributed by atoms with Gasteiger partial charge in [-0.3, -0.25) is 4.79 Å². The van der Waals surface area contributed by atoms with Crippen LogP contribution < -0.4 is 16.0 Å². The lowest BCUT2D eigenvalue weighted by Gasteiger charge is -2.10. The number of pyridine rings is 1. The molecule has 0 radical (unpaired) electrons. The Balaban J connectivity index is 1.59. The highest BCUT2D eigenvalue weighted by Gasteiger charge is 2.15. The van der Waals surface area contributed by atoms with Gasteiger partial charge in [0.25, 0.3) is 0 Å². The summed E-state index contributed by atoms with van der Waals surface area (Å²) in [5.41, 5.74) is 0. The molecule has 1 amide bonds. The minimum atomic E-state index is 0.0962. The van der Waals surface area contributed by atoms with E-state index >= 15 is 0 Å². The van der Waals surface area contributed by atoms with Crippen molar-refractivity contribution < 1.29 is 4.79 Å². The summed E-state index contributed by atoms with van der Waals surface area (Å²) in [7, 11) is 0. The van der Waals surface area contributed by atoms with Gasteiger partial charge in [-0.05, 0) is 37.9 Å². The number of carbonyl (C=O) groups excluding carboxylic acids is 1. The van der Waals surface area contributed by atoms with Crippen molar-refractivity contribution in [2.45, 2.75) is 19.3 Å². The molecule has 116 valence electrons. The van der Waals surface area contributed by atoms with Gasteiger partial charge in [-0.15, -0.1) is 0 Å². The van der Waals surface area contributed by atoms with Crippen molar-refractivity contribution in [3.63, 3.8) is 0 Å². The van der Waals surface area contributed by atoms with Crippen LogP contribution in [0.5, 0.6) is 0 Å². The van der Waals surface area contributed by atoms with Crippen molar-refractivity contribution in [2.24, 2.45) is 5.92 Å². The van der Waals surface area contributed by atoms with E-state index in [0.717, 1.165) is 19.5 Å². The largest absolute Gasteiger partial charge is 0.367 e. The molecule has 21 heavy (non-hydrogen) atoms. The zero-order valence-corrected chi connectivity index (χ0v) is 13.3. The fourth-order valence-corrected chi connectivity index (χ4v) is 2.76. The highest BCUT2D eigenvalue weighted by molar-refractivity contribution is 6.35. The van der Waals surface area contributed by atoms with E-state index in [1.807, 2.05) is 0 Å². The number of amides is 1. The number of aromatic nitrogens is 1. The number of anilines is 1. The molecule has 1 aromatic rings. The Hall–Kier alpha value is -1.04. The molecule has 1 aromatic heterocycles. The summed E-state index contributed by atoms with van der Waals surface area (Å²) in [6.07, 6.45) is 4.25. The first-order valence-electron chi connectivity index (χ1n) is 7.17. The van der Waals surface area contributed by atoms with Crippen LogP contribution in [0.3, 0.4) is 0 Å². The normalized spacial score (nSPS) is 17.7. The number of carbonyl (C=O) groups is 1. The summed E-state index contributed by atoms with van der Waals surface area (Å²) < 4.78 is 0. The van der Waals surface area contributed by atoms with Crippen molar-refractivity contribution >= 4 is 34.9 Å². The molecule has 0 spiro atoms. The maximum atomic E-state index is 11.7. The average Bonchev–Trinajstić information content (AvgIpc) is 2.96. The number of hydrogen-bond donors (Lipinski definition) is 3. The van der Waals surface area contributed by atoms with Gasteiger partial charge < -0.3 is 16.0 Å². The topological polar surface area (TPSA) is 66.1 Å². The van der Waals surface area contributed by atoms with Gasteiger partial charge in [0.2, 0.25) is 5.91 Å². The molecule has 0 bridgehead atoms. The third-order valence-electron chi connectivity index (χ3n) is 3.49. The first kappa shape index (κ1) is 16.3. The van der Waals surface area contributed by atoms with E-state index in [2.05, 4.69) is 20.9 Å². The standard InChI is InChI=1S/C14H20Cl2N4O/c15-11-7-12(16)14(20-9-11)19-6-5-18-13(21)2-1-10-3-4-17-8-10/h7,9-10,17H,1-6,8H2,(H,18,21)(H,19,20). The minimum Gasteiger partial charge on any atom is -0.367 e. The average molecular weight is 331 g/mol. The molecule has 1 fully saturated rings. The first-order valence-corrected chi connectivity index (χ1v) is 7.93. The van der Waals surface area contributed by atoms with E-state index in [9.17, 15) is 4.79 Å². The van der Waals surface area contributed by atoms with E-state index in [1.165, 1.54) is 12.6 Å². The molecule has 0 aliphatic carbocycles. The molecule has 1 saturated heterocycles. The van der Waals surface area contributed by atoms with Gasteiger partial charge in [0.1, 0.15) is 5.82 Å². The first-order chi connectivity index (χ1) is 10.1. The summed E-state index contributed by atoms with van der Waals surface area (Å²) in [5.74, 6) is 1.32. The zero-order chi connectivity index (χ0) is 15.1. The molecule has 2 heterocycles. The molecular formula is C14H20Cl2N4O. The SMILES string of the molecule is O=C(CCC1CCNC1)NCCNc1ncc(Cl)cc1Cl. The van der Waals surface area contributed by atoms with E-state index in [4.69, 9.17) is 23.2 Å². The highest BCUT2D eigenvalue weighted by Crippen LogP contribution is 2.22. The maximum Gasteiger partial charge on any atom is 0.220 e. The Morgan fingerprint density at radius 3 is 3.00 bits per heavy atom. The van der Waals surface area contributed by atoms with Gasteiger partial charge in [0.05, 0.1) is 10.0 Å². The number of hydrogen-bond acceptors (Lipinski definition) is 4. The number of nitrogens with zero attached hydrogens (tertiary/aromatic N) is 1. The van der Waals surface area contributed by atoms with Gasteiger partial charge in [0, 0.05) is 25.7 Å². The monoisotopic (exact) mass is 330 g/mol. The van der Waals surface area contributed by atoms with Crippen LogP contribution in [0.15, 0.2) is 12.3 Å². The van der Waals surface area contributed by atoms with Crippen molar-refractivity contribution in [3.8, 4) is 0 Å². The molecule has 5 nitrogen and oxygen atoms in total. The van der Waals surface area contributed by atoms with Crippen LogP contribution in [0.25, 0.3) is 0 Å². The van der Waals surface area contributed by atoms with E-state index in [1.54, 1.807) is 6.07 Å². The van der Waals surface area contributed by atoms with Gasteiger partial charge in [-0.1, -0.05) is 23.2 Å². The van der Waals surface area contributed by atoms with Crippen molar-refractivity contribution in [2.75, 3.05) is 31.5 Å². The van der Waals surface area contributed by atoms with Gasteiger partial charge in [-0.25, -0.2) is 4.98 Å². The zero-order valence-electron chi connectivity index (χ0n) is 11.8. The van der Waals surface area contributed by atoms with Crippen molar-refractivity contribution in [3.05, 3.63) is 22.3 Å². The summed E-state index contributed by atoms with van der Waals surface area (Å²) in [6, 6.07) is 1.63. The van der Waals surface area contributed by atoms with Crippen LogP contribution in [-0.4, -0.2) is 37.1 Å². The molecule has 2 rings (SSSR count). The maximum absolute atomic E-state index is 11.7. The lowest BCUT2D eigenvalue weighted by molar-refractivity contribution is -0.121. The highest BCUT2D eigenvalue weighted by atomic mass is 35.5. The van der Waals surface area contributed by atoms with Crippen molar-refractivity contribution in [1.82, 2.24) is 15.6 Å². The van der Waals surface area contributed by atoms with Gasteiger partial charge in [-0.2, -0.15) is 0 Å². The van der Waals surface area contributed by atoms with E-state index in [-0.39, 0.29) is 5.91 Å². The molecular weight excluding hydrogens is 311 g/mol. The second kappa shape index (κ2) is 8.41. The predicted molar refractivity (Wildman–Crippen MR) is 86.0 cm³/mol. The van der Waals surface area contributed by atoms with Crippen LogP contribution in [0.4, 0.5) is 5.82 Å². The third-order valence-corrected chi connectivity index (χ3v) is 3.98. The second-order valence-electron chi connectivity index (χ2n) is 5.16. The molecule has 1 aliphatic rings. The molecule has 1 unspecified atom stereocenters. The summed E-state index contributed by atoms with van der Waals surface area (Å²) in [6.45, 7) is 3.23. The van der Waals surface area contributed by atoms with E-state index < -0.39 is 0 Å². The third kappa shape index (κ3) is 5.69. The van der Waals surface area contributed by atoms with Crippen LogP contribution in [0, 0.1) is 5.92 Å². The number of nitrogens with one attached hydrogen (secondary N) is 3. The second-order valence-corrected chi connectivity index (χ2v) is 6.00. The van der Waals surface area contributed by atoms with Crippen LogP contribution in [-0.2, 0) is 4.79 Å². The smallest absolute Gasteiger partial charge is 0.220 e. The lowest BCUT2D eigenvalue weighted by Crippen LogP contribution is -2.29. The Labute approximate surface area is 134 Å². The van der Waals surface area contributed by atoms with Crippen LogP contribution in [0.2, 0.25) is 10.0 Å². The molecule has 1 aliphatic heterocycles.